The number of nitrogens with zero attached hydrogens (tertiary/aromatic N) is 8. The molecule has 0 saturated heterocycles. The molecule has 6 heterocycles. The van der Waals surface area contributed by atoms with Crippen LogP contribution in [0.25, 0.3) is 122 Å². The van der Waals surface area contributed by atoms with E-state index in [1.165, 1.54) is 24.3 Å². The van der Waals surface area contributed by atoms with Crippen molar-refractivity contribution < 1.29 is 94.2 Å². The van der Waals surface area contributed by atoms with Crippen LogP contribution >= 0.6 is 0 Å². The second-order valence-corrected chi connectivity index (χ2v) is 34.4. The molecular formula is C122H98N8Pt2-6. The molecular weight excluding hydrogens is 1970 g/mol. The Bertz CT molecular complexity index is 9790. The van der Waals surface area contributed by atoms with Gasteiger partial charge in [-0.05, 0) is 180 Å². The quantitative estimate of drug-likeness (QED) is 0.0899. The first-order valence-electron chi connectivity index (χ1n) is 60.9. The van der Waals surface area contributed by atoms with Gasteiger partial charge in [0, 0.05) is 122 Å². The third-order valence-electron chi connectivity index (χ3n) is 22.9. The maximum Gasteiger partial charge on any atom is 0.135 e. The number of hydrogen-bond acceptors (Lipinski definition) is 6. The van der Waals surface area contributed by atoms with Crippen molar-refractivity contribution in [3.8, 4) is 78.4 Å². The number of rotatable bonds is 16. The molecule has 22 rings (SSSR count). The molecule has 16 aromatic carbocycles. The van der Waals surface area contributed by atoms with Crippen LogP contribution in [0.5, 0.6) is 0 Å². The van der Waals surface area contributed by atoms with E-state index in [1.54, 1.807) is 98.1 Å². The summed E-state index contributed by atoms with van der Waals surface area (Å²) in [6.45, 7) is 21.8. The summed E-state index contributed by atoms with van der Waals surface area (Å²) < 4.78 is 341. The first kappa shape index (κ1) is 53.4. The van der Waals surface area contributed by atoms with Gasteiger partial charge in [0.05, 0.1) is 52.1 Å². The van der Waals surface area contributed by atoms with Crippen molar-refractivity contribution in [2.75, 3.05) is 19.6 Å². The molecule has 0 amide bonds. The first-order chi connectivity index (χ1) is 79.1. The van der Waals surface area contributed by atoms with Crippen LogP contribution in [0.1, 0.15) is 153 Å². The number of hydrogen-bond donors (Lipinski definition) is 0. The molecule has 0 aliphatic carbocycles. The third kappa shape index (κ3) is 17.0. The molecule has 0 bridgehead atoms. The molecule has 4 aromatic heterocycles. The van der Waals surface area contributed by atoms with Crippen molar-refractivity contribution in [1.29, 1.82) is 0 Å². The molecule has 0 fully saturated rings. The summed E-state index contributed by atoms with van der Waals surface area (Å²) in [7, 11) is 0. The number of fused-ring (bicyclic) bond motifs is 8. The Balaban J connectivity index is 0.000000206. The number of aromatic nitrogens is 4. The van der Waals surface area contributed by atoms with Crippen LogP contribution in [0.3, 0.4) is 0 Å². The first-order valence-corrected chi connectivity index (χ1v) is 41.9. The van der Waals surface area contributed by atoms with Crippen molar-refractivity contribution in [2.45, 2.75) is 91.4 Å². The van der Waals surface area contributed by atoms with E-state index in [-0.39, 0.29) is 181 Å². The molecule has 8 nitrogen and oxygen atoms in total. The summed E-state index contributed by atoms with van der Waals surface area (Å²) in [5.41, 5.74) is 5.28. The Morgan fingerprint density at radius 2 is 0.614 bits per heavy atom. The SMILES string of the molecule is [2H]c1c([2H])c([2H])c(-c2cc(-c3c([2H])c([2H])c([2H])c([2H])c3[2H])c(N3[CH-]N(c4[c-]c(Cc5[c-]c6c(cc5)c5c([2H])c([2H])c([2H])c([2H])c5n6-c5cc(C(C)(C)C)ccn5)cc(C(C)(C)C)c4)c4ccccc43)c(-c3c([2H])c([2H])c([2H])c([2H])c3[2H])c2)c([2H])c1[2H].[2H]c1c([2H])c([2H])c(-c2cc(-c3c([2H])c([2H])c([2H])c([2H])c3[2H])c(N3[CH-]N(c4[c-]c(Cc5[c-]c6c(cc5)c5c([2H])c([2H])c([2H])c([2H])c5n6-c5cc(C(C)(C)C)ccn5)ccc4)c4ccccc43)c(-c3c([2H])c([2H])c([2H])c([2H])c3[2H])c2)c([2H])c1[2H].[Pt].[Pt]. The zero-order chi connectivity index (χ0) is 121. The Kier molecular flexibility index (Phi) is 14.7. The second-order valence-electron chi connectivity index (χ2n) is 34.4. The minimum atomic E-state index is -0.728. The Morgan fingerprint density at radius 1 is 0.280 bits per heavy atom. The summed E-state index contributed by atoms with van der Waals surface area (Å²) in [5.74, 6) is 0.890. The fourth-order valence-corrected chi connectivity index (χ4v) is 16.6. The van der Waals surface area contributed by atoms with Crippen molar-refractivity contribution in [3.63, 3.8) is 0 Å². The molecule has 0 radical (unpaired) electrons. The van der Waals surface area contributed by atoms with Crippen LogP contribution in [0.15, 0.2) is 394 Å². The van der Waals surface area contributed by atoms with Gasteiger partial charge in [0.15, 0.2) is 0 Å². The fraction of sp³-hybridized carbons (Fsp3) is 0.115. The van der Waals surface area contributed by atoms with Gasteiger partial charge in [-0.3, -0.25) is 0 Å². The van der Waals surface area contributed by atoms with Gasteiger partial charge in [0.25, 0.3) is 0 Å². The van der Waals surface area contributed by atoms with E-state index in [0.717, 1.165) is 16.7 Å². The van der Waals surface area contributed by atoms with E-state index in [9.17, 15) is 11.0 Å². The molecule has 0 spiro atoms. The van der Waals surface area contributed by atoms with Crippen LogP contribution in [-0.2, 0) is 71.2 Å². The average molecular weight is 2100 g/mol. The molecule has 20 aromatic rings. The molecule has 2 aliphatic rings. The van der Waals surface area contributed by atoms with Crippen molar-refractivity contribution in [2.24, 2.45) is 0 Å². The normalized spacial score (nSPS) is 16.6. The maximum atomic E-state index is 9.39. The molecule has 652 valence electrons. The van der Waals surface area contributed by atoms with Gasteiger partial charge in [0.1, 0.15) is 11.6 Å². The molecule has 10 heteroatoms. The molecule has 132 heavy (non-hydrogen) atoms. The Hall–Kier alpha value is -14.0. The number of anilines is 8. The second kappa shape index (κ2) is 36.4. The van der Waals surface area contributed by atoms with Crippen LogP contribution in [0.4, 0.5) is 45.5 Å². The van der Waals surface area contributed by atoms with Crippen LogP contribution in [0, 0.1) is 37.6 Å². The van der Waals surface area contributed by atoms with E-state index >= 15 is 0 Å². The van der Waals surface area contributed by atoms with E-state index in [1.807, 2.05) is 105 Å². The predicted molar refractivity (Wildman–Crippen MR) is 543 cm³/mol. The smallest absolute Gasteiger partial charge is 0.135 e. The standard InChI is InChI=1S/C63H53N4.C59H45N4.2Pt/c1-62(2,3)49-32-33-64-60(41-49)67-56-27-17-16-26-52(56)53-31-30-43(37-59(53)67)34-44-35-50(63(4,5)6)40-51(36-44)65-42-66(58-29-19-18-28-57(58)65)61-54(46-22-12-8-13-23-46)38-48(45-20-10-7-11-21-45)39-55(61)47-24-14-9-15-25-47;1-59(2,3)47-32-33-60-57(39-47)63-53-27-14-13-26-49(53)50-31-30-42(36-56(50)63)34-41-18-17-25-48(35-41)61-40-62(55-29-16-15-28-54(55)61)58-51(44-21-9-5-10-22-44)37-46(43-19-7-4-8-20-43)38-52(58)45-23-11-6-12-24-45;;/h7-33,35,38-42H,34H2,1-6H3;4-33,37-40H,34H2,1-3H3;;/q2*-3;;/i7D,8D,9D,10D,11D,12D,13D,14D,15D,16D,17D,20D,21D,22D,23D,24D,25D,26D,27D;4D,5D,6D,7D,8D,9D,10D,11D,12D,13D,14D,19D,20D,21D,22D,23D,24D,26D,27D;;. The summed E-state index contributed by atoms with van der Waals surface area (Å²) in [6.07, 6.45) is 3.83. The van der Waals surface area contributed by atoms with Crippen molar-refractivity contribution >= 4 is 89.1 Å². The van der Waals surface area contributed by atoms with Gasteiger partial charge in [-0.25, -0.2) is 9.97 Å². The number of para-hydroxylation sites is 6. The summed E-state index contributed by atoms with van der Waals surface area (Å²) in [4.78, 5) is 16.2. The van der Waals surface area contributed by atoms with Crippen LogP contribution < -0.4 is 19.6 Å². The van der Waals surface area contributed by atoms with Gasteiger partial charge in [-0.2, -0.15) is 101 Å². The predicted octanol–water partition coefficient (Wildman–Crippen LogP) is 31.4. The fourth-order valence-electron chi connectivity index (χ4n) is 16.6. The monoisotopic (exact) mass is 2100 g/mol. The summed E-state index contributed by atoms with van der Waals surface area (Å²) in [5, 5.41) is 1.73. The zero-order valence-electron chi connectivity index (χ0n) is 110. The van der Waals surface area contributed by atoms with Gasteiger partial charge in [0.2, 0.25) is 0 Å². The minimum Gasteiger partial charge on any atom is -0.493 e. The average Bonchev–Trinajstić information content (AvgIpc) is 1.69. The van der Waals surface area contributed by atoms with E-state index < -0.39 is 209 Å². The van der Waals surface area contributed by atoms with Crippen LogP contribution in [-0.4, -0.2) is 19.1 Å². The Labute approximate surface area is 857 Å². The van der Waals surface area contributed by atoms with E-state index in [4.69, 9.17) is 51.1 Å². The molecule has 0 N–H and O–H groups in total. The van der Waals surface area contributed by atoms with Crippen molar-refractivity contribution in [1.82, 2.24) is 19.1 Å². The van der Waals surface area contributed by atoms with Crippen LogP contribution in [0.2, 0.25) is 0 Å². The summed E-state index contributed by atoms with van der Waals surface area (Å²) in [6, 6.07) is 34.7. The van der Waals surface area contributed by atoms with Gasteiger partial charge in [-0.15, -0.1) is 41.6 Å². The largest absolute Gasteiger partial charge is 0.493 e. The molecule has 0 atom stereocenters. The minimum absolute atomic E-state index is 0. The van der Waals surface area contributed by atoms with E-state index in [0.29, 0.717) is 101 Å². The third-order valence-corrected chi connectivity index (χ3v) is 22.9. The molecule has 0 unspecified atom stereocenters. The van der Waals surface area contributed by atoms with Gasteiger partial charge in [-0.1, -0.05) is 315 Å². The number of pyridine rings is 2. The van der Waals surface area contributed by atoms with Gasteiger partial charge < -0.3 is 28.7 Å². The van der Waals surface area contributed by atoms with Gasteiger partial charge >= 0.3 is 0 Å². The molecule has 2 aliphatic heterocycles. The summed E-state index contributed by atoms with van der Waals surface area (Å²) >= 11 is 0. The zero-order valence-corrected chi connectivity index (χ0v) is 76.9. The van der Waals surface area contributed by atoms with E-state index in [2.05, 4.69) is 65.8 Å². The number of benzene rings is 16. The van der Waals surface area contributed by atoms with Crippen molar-refractivity contribution in [3.05, 3.63) is 470 Å². The topological polar surface area (TPSA) is 48.6 Å². The Morgan fingerprint density at radius 3 is 1.00 bits per heavy atom. The molecule has 0 saturated carbocycles. The maximum absolute atomic E-state index is 9.39.